The highest BCUT2D eigenvalue weighted by molar-refractivity contribution is 6.11. The monoisotopic (exact) mass is 1760 g/mol. The number of rotatable bonds is 13. The number of nitrogens with zero attached hydrogens (tertiary/aromatic N) is 3. The second-order valence-electron chi connectivity index (χ2n) is 38.3. The lowest BCUT2D eigenvalue weighted by molar-refractivity contribution is 0.647. The lowest BCUT2D eigenvalue weighted by atomic mass is 9.82. The minimum atomic E-state index is -0.170. The largest absolute Gasteiger partial charge is 0.456 e. The minimum Gasteiger partial charge on any atom is -0.456 e. The second kappa shape index (κ2) is 32.7. The third-order valence-corrected chi connectivity index (χ3v) is 29.2. The Morgan fingerprint density at radius 1 is 0.146 bits per heavy atom. The molecule has 0 unspecified atom stereocenters. The predicted molar refractivity (Wildman–Crippen MR) is 575 cm³/mol. The van der Waals surface area contributed by atoms with Crippen LogP contribution in [-0.2, 0) is 16.2 Å². The van der Waals surface area contributed by atoms with Gasteiger partial charge in [-0.15, -0.1) is 0 Å². The topological polar surface area (TPSA) is 49.1 Å². The van der Waals surface area contributed by atoms with Gasteiger partial charge in [0, 0.05) is 99.7 Å². The van der Waals surface area contributed by atoms with Crippen LogP contribution in [0.15, 0.2) is 480 Å². The van der Waals surface area contributed by atoms with E-state index in [1.54, 1.807) is 0 Å². The summed E-state index contributed by atoms with van der Waals surface area (Å²) in [5, 5.41) is 12.0. The van der Waals surface area contributed by atoms with Gasteiger partial charge in [0.15, 0.2) is 0 Å². The highest BCUT2D eigenvalue weighted by Crippen LogP contribution is 2.58. The van der Waals surface area contributed by atoms with Crippen LogP contribution in [0.5, 0.6) is 0 Å². The van der Waals surface area contributed by atoms with Crippen LogP contribution >= 0.6 is 0 Å². The molecule has 0 amide bonds. The number of hydrogen-bond acceptors (Lipinski definition) is 6. The summed E-state index contributed by atoms with van der Waals surface area (Å²) in [4.78, 5) is 7.10. The number of hydrogen-bond donors (Lipinski definition) is 0. The van der Waals surface area contributed by atoms with E-state index in [1.165, 1.54) is 154 Å². The smallest absolute Gasteiger partial charge is 0.135 e. The van der Waals surface area contributed by atoms with Crippen molar-refractivity contribution in [2.75, 3.05) is 14.7 Å². The summed E-state index contributed by atoms with van der Waals surface area (Å²) in [6, 6.07) is 168. The summed E-state index contributed by atoms with van der Waals surface area (Å²) in [7, 11) is 0. The van der Waals surface area contributed by atoms with Crippen molar-refractivity contribution in [1.82, 2.24) is 0 Å². The van der Waals surface area contributed by atoms with E-state index in [-0.39, 0.29) is 16.2 Å². The van der Waals surface area contributed by atoms with Gasteiger partial charge < -0.3 is 28.0 Å². The average molecular weight is 1760 g/mol. The molecule has 3 heterocycles. The van der Waals surface area contributed by atoms with Gasteiger partial charge in [-0.25, -0.2) is 0 Å². The predicted octanol–water partition coefficient (Wildman–Crippen LogP) is 37.1. The van der Waals surface area contributed by atoms with Gasteiger partial charge in [0.25, 0.3) is 0 Å². The molecule has 652 valence electrons. The molecule has 0 fully saturated rings. The molecule has 6 heteroatoms. The van der Waals surface area contributed by atoms with Crippen LogP contribution in [0.25, 0.3) is 165 Å². The average Bonchev–Trinajstić information content (AvgIpc) is 1.57. The molecule has 21 aromatic carbocycles. The molecule has 3 aromatic heterocycles. The molecule has 24 aromatic rings. The summed E-state index contributed by atoms with van der Waals surface area (Å²) >= 11 is 0. The summed E-state index contributed by atoms with van der Waals surface area (Å²) < 4.78 is 18.9. The maximum absolute atomic E-state index is 6.32. The molecule has 0 atom stereocenters. The number of benzene rings is 21. The summed E-state index contributed by atoms with van der Waals surface area (Å²) in [6.45, 7) is 14.0. The van der Waals surface area contributed by atoms with Crippen LogP contribution in [0.1, 0.15) is 74.9 Å². The first-order chi connectivity index (χ1) is 67.1. The number of fused-ring (bicyclic) bond motifs is 20. The van der Waals surface area contributed by atoms with Gasteiger partial charge in [-0.05, 0) is 309 Å². The third-order valence-electron chi connectivity index (χ3n) is 29.2. The highest BCUT2D eigenvalue weighted by Gasteiger charge is 2.41. The Morgan fingerprint density at radius 3 is 0.759 bits per heavy atom. The third kappa shape index (κ3) is 14.2. The van der Waals surface area contributed by atoms with Crippen LogP contribution in [0.4, 0.5) is 51.2 Å². The van der Waals surface area contributed by atoms with Crippen molar-refractivity contribution < 1.29 is 13.3 Å². The van der Waals surface area contributed by atoms with E-state index in [0.29, 0.717) is 0 Å². The van der Waals surface area contributed by atoms with Gasteiger partial charge in [0.2, 0.25) is 0 Å². The van der Waals surface area contributed by atoms with Crippen molar-refractivity contribution in [2.24, 2.45) is 0 Å². The highest BCUT2D eigenvalue weighted by atomic mass is 16.3. The minimum absolute atomic E-state index is 0.130. The Hall–Kier alpha value is -17.1. The van der Waals surface area contributed by atoms with E-state index < -0.39 is 0 Å². The van der Waals surface area contributed by atoms with Gasteiger partial charge >= 0.3 is 0 Å². The van der Waals surface area contributed by atoms with E-state index in [1.807, 2.05) is 18.2 Å². The molecular weight excluding hydrogens is 1660 g/mol. The SMILES string of the molecule is CC1(C)c2cc(N(c3ccccc3)c3ccc(-c4ccc5ccccc5c4)cc3)ccc2-c2cc3c(cc21)oc1ccccc13.CC1(C)c2ccc(N(c3ccc(-c4ccccc4)cc3)c3ccc(-c4ccccc4)cc3)cc2-c2cc3c(cc21)oc1ccccc13.CC1(C)c2ccc(N(c3ccccc3)c3ccc(-c4ccc5ccccc5c4)cc3)cc2-c2cc3c(cc21)oc1ccccc13. The van der Waals surface area contributed by atoms with Crippen LogP contribution in [-0.4, -0.2) is 0 Å². The Labute approximate surface area is 797 Å². The normalized spacial score (nSPS) is 13.2. The van der Waals surface area contributed by atoms with E-state index in [4.69, 9.17) is 13.3 Å². The summed E-state index contributed by atoms with van der Waals surface area (Å²) in [6.07, 6.45) is 0. The molecular formula is C131H95N3O3. The van der Waals surface area contributed by atoms with E-state index in [2.05, 4.69) is 505 Å². The zero-order valence-corrected chi connectivity index (χ0v) is 77.0. The molecule has 0 saturated heterocycles. The molecule has 27 rings (SSSR count). The zero-order chi connectivity index (χ0) is 91.8. The zero-order valence-electron chi connectivity index (χ0n) is 77.0. The van der Waals surface area contributed by atoms with E-state index in [9.17, 15) is 0 Å². The maximum Gasteiger partial charge on any atom is 0.135 e. The fraction of sp³-hybridized carbons (Fsp3) is 0.0687. The molecule has 137 heavy (non-hydrogen) atoms. The first kappa shape index (κ1) is 81.9. The molecule has 0 N–H and O–H groups in total. The Morgan fingerprint density at radius 2 is 0.394 bits per heavy atom. The van der Waals surface area contributed by atoms with Gasteiger partial charge in [-0.2, -0.15) is 0 Å². The van der Waals surface area contributed by atoms with Crippen LogP contribution in [0.3, 0.4) is 0 Å². The van der Waals surface area contributed by atoms with Crippen molar-refractivity contribution in [1.29, 1.82) is 0 Å². The molecule has 0 saturated carbocycles. The fourth-order valence-electron chi connectivity index (χ4n) is 22.0. The lowest BCUT2D eigenvalue weighted by Crippen LogP contribution is -2.16. The van der Waals surface area contributed by atoms with Gasteiger partial charge in [0.1, 0.15) is 33.5 Å². The number of furan rings is 3. The summed E-state index contributed by atoms with van der Waals surface area (Å²) in [5.74, 6) is 0. The van der Waals surface area contributed by atoms with Crippen LogP contribution in [0.2, 0.25) is 0 Å². The van der Waals surface area contributed by atoms with E-state index in [0.717, 1.165) is 95.5 Å². The molecule has 0 radical (unpaired) electrons. The van der Waals surface area contributed by atoms with Crippen molar-refractivity contribution in [3.05, 3.63) is 500 Å². The summed E-state index contributed by atoms with van der Waals surface area (Å²) in [5.41, 5.74) is 40.8. The number of anilines is 9. The first-order valence-electron chi connectivity index (χ1n) is 47.5. The standard InChI is InChI=1S/C45H33NO.2C43H31NO/c1-45(2)41-26-25-36(27-38(41)39-28-40-37-15-9-10-16-43(37)47-44(40)29-42(39)45)46(34-21-17-32(18-22-34)30-11-5-3-6-12-30)35-23-19-33(20-24-35)31-13-7-4-8-14-31;1-43(2)39-25-34(22-23-35(39)37-26-38-36-14-8-9-15-41(36)45-42(38)27-40(37)43)44(32-12-4-3-5-13-32)33-20-18-29(19-21-33)31-17-16-28-10-6-7-11-30(28)24-31;1-43(2)39-23-22-34(25-36(39)37-26-38-35-14-8-9-15-41(35)45-42(38)27-40(37)43)44(32-12-4-3-5-13-32)33-20-18-29(19-21-33)31-17-16-28-10-6-7-11-30(28)24-31/h3-29H,1-2H3;2*3-27H,1-2H3. The van der Waals surface area contributed by atoms with E-state index >= 15 is 0 Å². The lowest BCUT2D eigenvalue weighted by Gasteiger charge is -2.28. The van der Waals surface area contributed by atoms with Crippen molar-refractivity contribution in [2.45, 2.75) is 57.8 Å². The van der Waals surface area contributed by atoms with Gasteiger partial charge in [0.05, 0.1) is 0 Å². The molecule has 3 aliphatic rings. The molecule has 0 bridgehead atoms. The Kier molecular flexibility index (Phi) is 19.5. The first-order valence-corrected chi connectivity index (χ1v) is 47.5. The molecule has 0 spiro atoms. The van der Waals surface area contributed by atoms with Crippen molar-refractivity contribution in [3.8, 4) is 77.9 Å². The van der Waals surface area contributed by atoms with Gasteiger partial charge in [-0.1, -0.05) is 333 Å². The van der Waals surface area contributed by atoms with Gasteiger partial charge in [-0.3, -0.25) is 0 Å². The quantitative estimate of drug-likeness (QED) is 0.115. The number of para-hydroxylation sites is 5. The fourth-order valence-corrected chi connectivity index (χ4v) is 22.0. The Bertz CT molecular complexity index is 8750. The van der Waals surface area contributed by atoms with Crippen LogP contribution in [0, 0.1) is 0 Å². The maximum atomic E-state index is 6.32. The van der Waals surface area contributed by atoms with Crippen molar-refractivity contribution >= 4 is 139 Å². The van der Waals surface area contributed by atoms with Crippen LogP contribution < -0.4 is 14.7 Å². The molecule has 0 aliphatic heterocycles. The molecule has 3 aliphatic carbocycles. The second-order valence-corrected chi connectivity index (χ2v) is 38.3. The van der Waals surface area contributed by atoms with Crippen molar-refractivity contribution in [3.63, 3.8) is 0 Å². The molecule has 6 nitrogen and oxygen atoms in total. The Balaban J connectivity index is 0.000000109.